The number of halogens is 6. The van der Waals surface area contributed by atoms with Gasteiger partial charge < -0.3 is 4.74 Å². The lowest BCUT2D eigenvalue weighted by molar-refractivity contribution is -0.145. The Bertz CT molecular complexity index is 612. The molecule has 0 N–H and O–H groups in total. The summed E-state index contributed by atoms with van der Waals surface area (Å²) in [5, 5.41) is 3.50. The molecule has 0 bridgehead atoms. The van der Waals surface area contributed by atoms with E-state index in [1.807, 2.05) is 0 Å². The highest BCUT2D eigenvalue weighted by Crippen LogP contribution is 2.45. The average molecular weight is 309 g/mol. The Balaban J connectivity index is 2.62. The normalized spacial score (nSPS) is 12.5. The first kappa shape index (κ1) is 15.2. The van der Waals surface area contributed by atoms with Crippen molar-refractivity contribution in [3.63, 3.8) is 0 Å². The van der Waals surface area contributed by atoms with Crippen LogP contribution in [0.5, 0.6) is 11.6 Å². The number of ether oxygens (including phenoxy) is 1. The lowest BCUT2D eigenvalue weighted by Gasteiger charge is -2.18. The van der Waals surface area contributed by atoms with Gasteiger partial charge in [-0.2, -0.15) is 31.4 Å². The summed E-state index contributed by atoms with van der Waals surface area (Å²) in [5.74, 6) is -1.60. The van der Waals surface area contributed by atoms with Gasteiger partial charge in [-0.15, -0.1) is 0 Å². The second-order valence-electron chi connectivity index (χ2n) is 4.02. The van der Waals surface area contributed by atoms with Gasteiger partial charge in [0.1, 0.15) is 6.20 Å². The molecule has 0 amide bonds. The number of aromatic nitrogens is 2. The third-order valence-corrected chi connectivity index (χ3v) is 2.55. The van der Waals surface area contributed by atoms with Gasteiger partial charge >= 0.3 is 12.4 Å². The molecule has 3 nitrogen and oxygen atoms in total. The van der Waals surface area contributed by atoms with Crippen LogP contribution in [-0.2, 0) is 19.4 Å². The van der Waals surface area contributed by atoms with Gasteiger partial charge in [0, 0.05) is 13.1 Å². The fourth-order valence-corrected chi connectivity index (χ4v) is 1.61. The maximum Gasteiger partial charge on any atom is 0.420 e. The summed E-state index contributed by atoms with van der Waals surface area (Å²) in [6, 6.07) is 2.75. The standard InChI is InChI=1S/C12H7F6N2O/c1-20-9(5-6-19-20)21-10-7(11(13,14)15)3-2-4-8(10)12(16,17)18/h2-5H,1H3. The number of alkyl halides is 6. The SMILES string of the molecule is Cn1n[c]cc1Oc1c(C(F)(F)F)cccc1C(F)(F)F. The minimum atomic E-state index is -4.99. The zero-order chi connectivity index (χ0) is 15.8. The Labute approximate surface area is 114 Å². The fraction of sp³-hybridized carbons (Fsp3) is 0.250. The molecule has 9 heteroatoms. The van der Waals surface area contributed by atoms with Crippen LogP contribution in [0.15, 0.2) is 24.3 Å². The summed E-state index contributed by atoms with van der Waals surface area (Å²) >= 11 is 0. The fourth-order valence-electron chi connectivity index (χ4n) is 1.61. The molecule has 21 heavy (non-hydrogen) atoms. The van der Waals surface area contributed by atoms with Crippen molar-refractivity contribution >= 4 is 0 Å². The molecule has 1 aromatic carbocycles. The van der Waals surface area contributed by atoms with E-state index in [1.54, 1.807) is 0 Å². The van der Waals surface area contributed by atoms with Gasteiger partial charge in [0.05, 0.1) is 11.1 Å². The number of rotatable bonds is 2. The van der Waals surface area contributed by atoms with Crippen LogP contribution in [0.25, 0.3) is 0 Å². The summed E-state index contributed by atoms with van der Waals surface area (Å²) in [6.45, 7) is 0. The molecule has 0 spiro atoms. The van der Waals surface area contributed by atoms with E-state index in [1.165, 1.54) is 7.05 Å². The van der Waals surface area contributed by atoms with Crippen molar-refractivity contribution in [2.24, 2.45) is 7.05 Å². The second-order valence-corrected chi connectivity index (χ2v) is 4.02. The number of aryl methyl sites for hydroxylation is 1. The molecular formula is C12H7F6N2O. The molecule has 0 unspecified atom stereocenters. The largest absolute Gasteiger partial charge is 0.438 e. The van der Waals surface area contributed by atoms with Crippen molar-refractivity contribution in [1.29, 1.82) is 0 Å². The van der Waals surface area contributed by atoms with E-state index in [0.717, 1.165) is 10.7 Å². The van der Waals surface area contributed by atoms with Crippen molar-refractivity contribution in [3.8, 4) is 11.6 Å². The van der Waals surface area contributed by atoms with Crippen molar-refractivity contribution in [2.75, 3.05) is 0 Å². The van der Waals surface area contributed by atoms with Crippen molar-refractivity contribution in [3.05, 3.63) is 41.6 Å². The molecule has 0 fully saturated rings. The molecule has 1 aromatic heterocycles. The highest BCUT2D eigenvalue weighted by atomic mass is 19.4. The average Bonchev–Trinajstić information content (AvgIpc) is 2.72. The van der Waals surface area contributed by atoms with E-state index in [9.17, 15) is 26.3 Å². The van der Waals surface area contributed by atoms with Crippen molar-refractivity contribution < 1.29 is 31.1 Å². The van der Waals surface area contributed by atoms with Crippen molar-refractivity contribution in [1.82, 2.24) is 9.78 Å². The van der Waals surface area contributed by atoms with E-state index >= 15 is 0 Å². The molecule has 0 aliphatic carbocycles. The maximum absolute atomic E-state index is 12.9. The number of benzene rings is 1. The Kier molecular flexibility index (Phi) is 3.60. The number of hydrogen-bond acceptors (Lipinski definition) is 2. The van der Waals surface area contributed by atoms with Gasteiger partial charge in [-0.25, -0.2) is 4.68 Å². The lowest BCUT2D eigenvalue weighted by atomic mass is 10.1. The van der Waals surface area contributed by atoms with E-state index in [-0.39, 0.29) is 5.88 Å². The van der Waals surface area contributed by atoms with Crippen LogP contribution in [0.4, 0.5) is 26.3 Å². The van der Waals surface area contributed by atoms with E-state index in [4.69, 9.17) is 4.74 Å². The minimum absolute atomic E-state index is 0.294. The van der Waals surface area contributed by atoms with Crippen LogP contribution in [0, 0.1) is 6.20 Å². The minimum Gasteiger partial charge on any atom is -0.438 e. The third kappa shape index (κ3) is 3.11. The predicted molar refractivity (Wildman–Crippen MR) is 58.6 cm³/mol. The third-order valence-electron chi connectivity index (χ3n) is 2.55. The number of hydrogen-bond donors (Lipinski definition) is 0. The Morgan fingerprint density at radius 2 is 1.57 bits per heavy atom. The van der Waals surface area contributed by atoms with Gasteiger partial charge in [-0.1, -0.05) is 6.07 Å². The zero-order valence-electron chi connectivity index (χ0n) is 10.4. The summed E-state index contributed by atoms with van der Waals surface area (Å²) in [7, 11) is 1.30. The van der Waals surface area contributed by atoms with Gasteiger partial charge in [0.25, 0.3) is 0 Å². The molecule has 0 saturated carbocycles. The van der Waals surface area contributed by atoms with E-state index in [0.29, 0.717) is 18.2 Å². The first-order valence-electron chi connectivity index (χ1n) is 5.46. The van der Waals surface area contributed by atoms with Crippen LogP contribution in [-0.4, -0.2) is 9.78 Å². The molecule has 0 atom stereocenters. The first-order valence-corrected chi connectivity index (χ1v) is 5.46. The highest BCUT2D eigenvalue weighted by Gasteiger charge is 2.42. The monoisotopic (exact) mass is 309 g/mol. The molecule has 0 aliphatic rings. The molecule has 0 aliphatic heterocycles. The van der Waals surface area contributed by atoms with Crippen LogP contribution in [0.1, 0.15) is 11.1 Å². The van der Waals surface area contributed by atoms with Gasteiger partial charge in [-0.05, 0) is 12.1 Å². The van der Waals surface area contributed by atoms with E-state index < -0.39 is 29.2 Å². The summed E-state index contributed by atoms with van der Waals surface area (Å²) in [4.78, 5) is 0. The first-order chi connectivity index (χ1) is 9.60. The molecule has 2 aromatic rings. The summed E-state index contributed by atoms with van der Waals surface area (Å²) in [5.41, 5.74) is -3.03. The lowest BCUT2D eigenvalue weighted by Crippen LogP contribution is -2.14. The summed E-state index contributed by atoms with van der Waals surface area (Å²) in [6.07, 6.45) is -7.71. The number of nitrogens with zero attached hydrogens (tertiary/aromatic N) is 2. The van der Waals surface area contributed by atoms with Crippen LogP contribution < -0.4 is 4.74 Å². The van der Waals surface area contributed by atoms with Gasteiger partial charge in [0.15, 0.2) is 5.75 Å². The molecular weight excluding hydrogens is 302 g/mol. The molecule has 1 heterocycles. The topological polar surface area (TPSA) is 27.1 Å². The van der Waals surface area contributed by atoms with Crippen LogP contribution in [0.3, 0.4) is 0 Å². The van der Waals surface area contributed by atoms with Crippen LogP contribution >= 0.6 is 0 Å². The maximum atomic E-state index is 12.9. The Morgan fingerprint density at radius 1 is 1.05 bits per heavy atom. The quantitative estimate of drug-likeness (QED) is 0.783. The number of para-hydroxylation sites is 1. The molecule has 1 radical (unpaired) electrons. The van der Waals surface area contributed by atoms with Gasteiger partial charge in [-0.3, -0.25) is 0 Å². The molecule has 2 rings (SSSR count). The van der Waals surface area contributed by atoms with Crippen LogP contribution in [0.2, 0.25) is 0 Å². The van der Waals surface area contributed by atoms with Crippen molar-refractivity contribution in [2.45, 2.75) is 12.4 Å². The Morgan fingerprint density at radius 3 is 1.95 bits per heavy atom. The van der Waals surface area contributed by atoms with Gasteiger partial charge in [0.2, 0.25) is 5.88 Å². The molecule has 113 valence electrons. The van der Waals surface area contributed by atoms with E-state index in [2.05, 4.69) is 11.3 Å². The zero-order valence-corrected chi connectivity index (χ0v) is 10.4. The predicted octanol–water partition coefficient (Wildman–Crippen LogP) is 4.05. The molecule has 0 saturated heterocycles. The Hall–Kier alpha value is -2.19. The summed E-state index contributed by atoms with van der Waals surface area (Å²) < 4.78 is 83.0. The smallest absolute Gasteiger partial charge is 0.420 e. The highest BCUT2D eigenvalue weighted by molar-refractivity contribution is 5.46. The second kappa shape index (κ2) is 4.97.